The van der Waals surface area contributed by atoms with Gasteiger partial charge in [-0.05, 0) is 74.3 Å². The van der Waals surface area contributed by atoms with E-state index < -0.39 is 0 Å². The molecule has 0 N–H and O–H groups in total. The topological polar surface area (TPSA) is 35.9 Å². The van der Waals surface area contributed by atoms with Crippen LogP contribution in [0.3, 0.4) is 0 Å². The van der Waals surface area contributed by atoms with Crippen LogP contribution in [0.1, 0.15) is 30.4 Å². The molecule has 0 amide bonds. The number of methoxy groups -OCH3 is 2. The fraction of sp³-hybridized carbons (Fsp3) is 0.355. The summed E-state index contributed by atoms with van der Waals surface area (Å²) in [7, 11) is 3.39. The maximum Gasteiger partial charge on any atom is 0.131 e. The minimum Gasteiger partial charge on any atom is -0.497 e. The van der Waals surface area contributed by atoms with Crippen molar-refractivity contribution >= 4 is 10.9 Å². The number of hydrogen-bond donors (Lipinski definition) is 0. The third-order valence-corrected chi connectivity index (χ3v) is 7.28. The minimum absolute atomic E-state index is 0.738. The standard InChI is InChI=1S/C31H36N2O3/c1-23-27-9-5-6-10-29(27)33(31(23)28-16-15-26(34-2)21-30(28)35-3)22-24-11-13-25(14-12-24)36-20-19-32-17-7-4-8-18-32/h5-6,9-16,21H,4,7-8,17-20,22H2,1-3H3. The Hall–Kier alpha value is -3.44. The van der Waals surface area contributed by atoms with Crippen LogP contribution < -0.4 is 14.2 Å². The van der Waals surface area contributed by atoms with E-state index in [2.05, 4.69) is 71.0 Å². The lowest BCUT2D eigenvalue weighted by molar-refractivity contribution is 0.183. The van der Waals surface area contributed by atoms with Gasteiger partial charge in [0.1, 0.15) is 23.9 Å². The molecule has 1 saturated heterocycles. The lowest BCUT2D eigenvalue weighted by Gasteiger charge is -2.26. The number of aromatic nitrogens is 1. The monoisotopic (exact) mass is 484 g/mol. The molecule has 0 saturated carbocycles. The summed E-state index contributed by atoms with van der Waals surface area (Å²) in [5.41, 5.74) is 5.91. The van der Waals surface area contributed by atoms with Crippen molar-refractivity contribution in [3.63, 3.8) is 0 Å². The Morgan fingerprint density at radius 3 is 2.31 bits per heavy atom. The Morgan fingerprint density at radius 2 is 1.56 bits per heavy atom. The second kappa shape index (κ2) is 11.1. The van der Waals surface area contributed by atoms with Crippen molar-refractivity contribution in [3.05, 3.63) is 77.9 Å². The number of aryl methyl sites for hydroxylation is 1. The van der Waals surface area contributed by atoms with Gasteiger partial charge in [0.2, 0.25) is 0 Å². The molecule has 1 aromatic heterocycles. The largest absolute Gasteiger partial charge is 0.497 e. The predicted octanol–water partition coefficient (Wildman–Crippen LogP) is 6.55. The van der Waals surface area contributed by atoms with Crippen LogP contribution in [0.15, 0.2) is 66.7 Å². The quantitative estimate of drug-likeness (QED) is 0.270. The van der Waals surface area contributed by atoms with E-state index in [0.29, 0.717) is 0 Å². The van der Waals surface area contributed by atoms with Gasteiger partial charge in [0.15, 0.2) is 0 Å². The highest BCUT2D eigenvalue weighted by Gasteiger charge is 2.19. The van der Waals surface area contributed by atoms with Crippen LogP contribution in [-0.4, -0.2) is 49.9 Å². The number of para-hydroxylation sites is 1. The van der Waals surface area contributed by atoms with E-state index in [-0.39, 0.29) is 0 Å². The fourth-order valence-corrected chi connectivity index (χ4v) is 5.33. The molecule has 1 fully saturated rings. The molecule has 1 aliphatic rings. The summed E-state index contributed by atoms with van der Waals surface area (Å²) < 4.78 is 19.7. The fourth-order valence-electron chi connectivity index (χ4n) is 5.33. The zero-order chi connectivity index (χ0) is 24.9. The first-order valence-corrected chi connectivity index (χ1v) is 12.9. The minimum atomic E-state index is 0.738. The third kappa shape index (κ3) is 5.07. The molecule has 1 aliphatic heterocycles. The summed E-state index contributed by atoms with van der Waals surface area (Å²) >= 11 is 0. The Morgan fingerprint density at radius 1 is 0.806 bits per heavy atom. The normalized spacial score (nSPS) is 14.2. The van der Waals surface area contributed by atoms with Gasteiger partial charge in [0.25, 0.3) is 0 Å². The van der Waals surface area contributed by atoms with Gasteiger partial charge in [-0.3, -0.25) is 4.90 Å². The molecular weight excluding hydrogens is 448 g/mol. The first-order valence-electron chi connectivity index (χ1n) is 12.9. The van der Waals surface area contributed by atoms with E-state index in [1.54, 1.807) is 14.2 Å². The maximum absolute atomic E-state index is 6.06. The molecule has 4 aromatic rings. The maximum atomic E-state index is 6.06. The van der Waals surface area contributed by atoms with Gasteiger partial charge in [0.05, 0.1) is 19.9 Å². The van der Waals surface area contributed by atoms with Crippen molar-refractivity contribution < 1.29 is 14.2 Å². The van der Waals surface area contributed by atoms with Crippen LogP contribution in [0.4, 0.5) is 0 Å². The first kappa shape index (κ1) is 24.3. The molecule has 5 rings (SSSR count). The van der Waals surface area contributed by atoms with Crippen LogP contribution in [0.25, 0.3) is 22.2 Å². The summed E-state index contributed by atoms with van der Waals surface area (Å²) in [5, 5.41) is 1.25. The Bertz CT molecular complexity index is 1300. The van der Waals surface area contributed by atoms with Crippen molar-refractivity contribution in [3.8, 4) is 28.5 Å². The van der Waals surface area contributed by atoms with Gasteiger partial charge < -0.3 is 18.8 Å². The highest BCUT2D eigenvalue weighted by molar-refractivity contribution is 5.93. The van der Waals surface area contributed by atoms with Crippen molar-refractivity contribution in [1.29, 1.82) is 0 Å². The first-order chi connectivity index (χ1) is 17.7. The highest BCUT2D eigenvalue weighted by Crippen LogP contribution is 2.40. The van der Waals surface area contributed by atoms with Crippen molar-refractivity contribution in [2.24, 2.45) is 0 Å². The molecule has 36 heavy (non-hydrogen) atoms. The number of hydrogen-bond acceptors (Lipinski definition) is 4. The van der Waals surface area contributed by atoms with Crippen molar-refractivity contribution in [2.45, 2.75) is 32.7 Å². The van der Waals surface area contributed by atoms with E-state index >= 15 is 0 Å². The second-order valence-electron chi connectivity index (χ2n) is 9.54. The number of rotatable bonds is 9. The lowest BCUT2D eigenvalue weighted by Crippen LogP contribution is -2.33. The van der Waals surface area contributed by atoms with Crippen LogP contribution in [0.5, 0.6) is 17.2 Å². The smallest absolute Gasteiger partial charge is 0.131 e. The van der Waals surface area contributed by atoms with Gasteiger partial charge in [-0.25, -0.2) is 0 Å². The van der Waals surface area contributed by atoms with Crippen LogP contribution in [0, 0.1) is 6.92 Å². The number of nitrogens with zero attached hydrogens (tertiary/aromatic N) is 2. The summed E-state index contributed by atoms with van der Waals surface area (Å²) in [5.74, 6) is 2.52. The van der Waals surface area contributed by atoms with E-state index in [1.807, 2.05) is 12.1 Å². The molecule has 5 heteroatoms. The molecular formula is C31H36N2O3. The van der Waals surface area contributed by atoms with Crippen LogP contribution >= 0.6 is 0 Å². The highest BCUT2D eigenvalue weighted by atomic mass is 16.5. The van der Waals surface area contributed by atoms with Gasteiger partial charge in [-0.15, -0.1) is 0 Å². The molecule has 2 heterocycles. The average molecular weight is 485 g/mol. The number of piperidine rings is 1. The van der Waals surface area contributed by atoms with Gasteiger partial charge in [0, 0.05) is 35.6 Å². The number of likely N-dealkylation sites (tertiary alicyclic amines) is 1. The Balaban J connectivity index is 1.40. The van der Waals surface area contributed by atoms with Crippen molar-refractivity contribution in [2.75, 3.05) is 40.5 Å². The summed E-state index contributed by atoms with van der Waals surface area (Å²) in [6, 6.07) is 23.2. The Kier molecular flexibility index (Phi) is 7.47. The number of benzene rings is 3. The molecule has 0 bridgehead atoms. The predicted molar refractivity (Wildman–Crippen MR) is 147 cm³/mol. The zero-order valence-corrected chi connectivity index (χ0v) is 21.6. The van der Waals surface area contributed by atoms with Gasteiger partial charge in [-0.1, -0.05) is 36.8 Å². The average Bonchev–Trinajstić information content (AvgIpc) is 3.21. The van der Waals surface area contributed by atoms with Gasteiger partial charge >= 0.3 is 0 Å². The summed E-state index contributed by atoms with van der Waals surface area (Å²) in [4.78, 5) is 2.51. The van der Waals surface area contributed by atoms with E-state index in [4.69, 9.17) is 14.2 Å². The molecule has 188 valence electrons. The lowest BCUT2D eigenvalue weighted by atomic mass is 10.0. The molecule has 0 radical (unpaired) electrons. The second-order valence-corrected chi connectivity index (χ2v) is 9.54. The summed E-state index contributed by atoms with van der Waals surface area (Å²) in [6.07, 6.45) is 3.99. The molecule has 3 aromatic carbocycles. The molecule has 0 aliphatic carbocycles. The van der Waals surface area contributed by atoms with E-state index in [0.717, 1.165) is 48.2 Å². The molecule has 0 atom stereocenters. The van der Waals surface area contributed by atoms with Gasteiger partial charge in [-0.2, -0.15) is 0 Å². The number of fused-ring (bicyclic) bond motifs is 1. The van der Waals surface area contributed by atoms with E-state index in [1.165, 1.54) is 54.4 Å². The molecule has 0 spiro atoms. The van der Waals surface area contributed by atoms with Crippen molar-refractivity contribution in [1.82, 2.24) is 9.47 Å². The van der Waals surface area contributed by atoms with E-state index in [9.17, 15) is 0 Å². The molecule has 0 unspecified atom stereocenters. The SMILES string of the molecule is COc1ccc(-c2c(C)c3ccccc3n2Cc2ccc(OCCN3CCCCC3)cc2)c(OC)c1. The zero-order valence-electron chi connectivity index (χ0n) is 21.6. The van der Waals surface area contributed by atoms with Crippen LogP contribution in [-0.2, 0) is 6.54 Å². The number of ether oxygens (including phenoxy) is 3. The third-order valence-electron chi connectivity index (χ3n) is 7.28. The van der Waals surface area contributed by atoms with Crippen LogP contribution in [0.2, 0.25) is 0 Å². The summed E-state index contributed by atoms with van der Waals surface area (Å²) in [6.45, 7) is 7.09. The molecule has 5 nitrogen and oxygen atoms in total. The Labute approximate surface area is 214 Å².